The third-order valence-corrected chi connectivity index (χ3v) is 6.15. The number of ether oxygens (including phenoxy) is 2. The topological polar surface area (TPSA) is 88.5 Å². The number of carbonyl (C=O) groups is 1. The monoisotopic (exact) mass is 366 g/mol. The first-order valence-corrected chi connectivity index (χ1v) is 9.38. The molecule has 0 amide bonds. The first-order valence-electron chi connectivity index (χ1n) is 9.38. The molecule has 6 nitrogen and oxygen atoms in total. The quantitative estimate of drug-likeness (QED) is 0.185. The van der Waals surface area contributed by atoms with Crippen molar-refractivity contribution in [3.63, 3.8) is 0 Å². The van der Waals surface area contributed by atoms with Crippen molar-refractivity contribution < 1.29 is 29.5 Å². The van der Waals surface area contributed by atoms with Crippen LogP contribution in [0.5, 0.6) is 0 Å². The second-order valence-electron chi connectivity index (χ2n) is 8.80. The van der Waals surface area contributed by atoms with Crippen molar-refractivity contribution in [1.29, 1.82) is 0 Å². The van der Waals surface area contributed by atoms with Crippen molar-refractivity contribution in [3.05, 3.63) is 24.3 Å². The van der Waals surface area contributed by atoms with Crippen molar-refractivity contribution >= 4 is 5.97 Å². The third kappa shape index (κ3) is 4.03. The lowest BCUT2D eigenvalue weighted by atomic mass is 9.81. The summed E-state index contributed by atoms with van der Waals surface area (Å²) in [5.41, 5.74) is -1.59. The largest absolute Gasteiger partial charge is 0.458 e. The Bertz CT molecular complexity index is 611. The highest BCUT2D eigenvalue weighted by Crippen LogP contribution is 2.47. The first-order chi connectivity index (χ1) is 12.1. The summed E-state index contributed by atoms with van der Waals surface area (Å²) in [4.78, 5) is 16.7. The summed E-state index contributed by atoms with van der Waals surface area (Å²) in [6.07, 6.45) is 6.94. The van der Waals surface area contributed by atoms with Gasteiger partial charge in [-0.2, -0.15) is 0 Å². The number of hydrogen-bond donors (Lipinski definition) is 2. The van der Waals surface area contributed by atoms with Crippen LogP contribution in [0.25, 0.3) is 0 Å². The maximum absolute atomic E-state index is 12.0. The average molecular weight is 366 g/mol. The molecule has 2 N–H and O–H groups in total. The molecule has 2 fully saturated rings. The maximum atomic E-state index is 12.0. The molecule has 0 radical (unpaired) electrons. The molecule has 0 unspecified atom stereocenters. The standard InChI is InChI=1S/C20H30O6/c1-13-14-11-16-20(4,25-16)10-6-9-19(3,26-23)8-5-7-18(2,22)12-15(14)24-17(13)21/h6,9,14-16,22-23H,1,5,7-8,10-12H2,2-4H3/b9-6+/t14-,15-,16+,18-,19-,20+/m0/s1. The third-order valence-electron chi connectivity index (χ3n) is 6.15. The number of esters is 1. The first kappa shape index (κ1) is 19.5. The zero-order valence-electron chi connectivity index (χ0n) is 15.9. The zero-order chi connectivity index (χ0) is 19.2. The van der Waals surface area contributed by atoms with Gasteiger partial charge in [0.15, 0.2) is 0 Å². The molecule has 2 saturated heterocycles. The SMILES string of the molecule is C=C1C(=O)O[C@H]2C[C@@](C)(O)CCC[C@](C)(OO)/C=C/C[C@@]3(C)O[C@@H]3C[C@@H]12. The molecule has 3 aliphatic rings. The molecule has 2 heterocycles. The van der Waals surface area contributed by atoms with Crippen LogP contribution in [-0.4, -0.2) is 45.3 Å². The summed E-state index contributed by atoms with van der Waals surface area (Å²) < 4.78 is 11.4. The van der Waals surface area contributed by atoms with E-state index in [0.717, 1.165) is 0 Å². The highest BCUT2D eigenvalue weighted by atomic mass is 17.1. The second-order valence-corrected chi connectivity index (χ2v) is 8.80. The molecule has 2 aliphatic heterocycles. The molecule has 26 heavy (non-hydrogen) atoms. The van der Waals surface area contributed by atoms with Crippen LogP contribution >= 0.6 is 0 Å². The smallest absolute Gasteiger partial charge is 0.334 e. The van der Waals surface area contributed by atoms with Crippen molar-refractivity contribution in [2.75, 3.05) is 0 Å². The van der Waals surface area contributed by atoms with Gasteiger partial charge in [-0.1, -0.05) is 18.7 Å². The van der Waals surface area contributed by atoms with Crippen LogP contribution in [0.4, 0.5) is 0 Å². The Kier molecular flexibility index (Phi) is 5.07. The number of rotatable bonds is 1. The van der Waals surface area contributed by atoms with Crippen LogP contribution in [0, 0.1) is 5.92 Å². The van der Waals surface area contributed by atoms with Crippen LogP contribution in [-0.2, 0) is 19.2 Å². The minimum Gasteiger partial charge on any atom is -0.458 e. The molecule has 0 aromatic rings. The van der Waals surface area contributed by atoms with E-state index in [1.54, 1.807) is 6.92 Å². The summed E-state index contributed by atoms with van der Waals surface area (Å²) in [5.74, 6) is -0.498. The van der Waals surface area contributed by atoms with Gasteiger partial charge in [0.25, 0.3) is 0 Å². The predicted octanol–water partition coefficient (Wildman–Crippen LogP) is 3.15. The summed E-state index contributed by atoms with van der Waals surface area (Å²) in [6.45, 7) is 9.52. The van der Waals surface area contributed by atoms with Crippen LogP contribution in [0.3, 0.4) is 0 Å². The predicted molar refractivity (Wildman–Crippen MR) is 95.4 cm³/mol. The molecule has 0 aromatic carbocycles. The highest BCUT2D eigenvalue weighted by Gasteiger charge is 2.55. The van der Waals surface area contributed by atoms with Gasteiger partial charge in [-0.25, -0.2) is 9.68 Å². The van der Waals surface area contributed by atoms with Gasteiger partial charge in [-0.15, -0.1) is 0 Å². The molecule has 0 bridgehead atoms. The Morgan fingerprint density at radius 1 is 1.31 bits per heavy atom. The fourth-order valence-electron chi connectivity index (χ4n) is 4.20. The van der Waals surface area contributed by atoms with Gasteiger partial charge in [0.1, 0.15) is 11.7 Å². The maximum Gasteiger partial charge on any atom is 0.334 e. The minimum atomic E-state index is -0.980. The lowest BCUT2D eigenvalue weighted by Gasteiger charge is -2.30. The summed E-state index contributed by atoms with van der Waals surface area (Å²) in [5, 5.41) is 20.1. The summed E-state index contributed by atoms with van der Waals surface area (Å²) in [7, 11) is 0. The van der Waals surface area contributed by atoms with Gasteiger partial charge < -0.3 is 14.6 Å². The van der Waals surface area contributed by atoms with E-state index in [4.69, 9.17) is 14.4 Å². The number of hydrogen-bond acceptors (Lipinski definition) is 6. The van der Waals surface area contributed by atoms with Crippen molar-refractivity contribution in [2.24, 2.45) is 5.92 Å². The highest BCUT2D eigenvalue weighted by molar-refractivity contribution is 5.90. The molecule has 3 rings (SSSR count). The zero-order valence-corrected chi connectivity index (χ0v) is 15.9. The van der Waals surface area contributed by atoms with Crippen molar-refractivity contribution in [3.8, 4) is 0 Å². The average Bonchev–Trinajstić information content (AvgIpc) is 3.11. The number of carbonyl (C=O) groups excluding carboxylic acids is 1. The molecule has 146 valence electrons. The van der Waals surface area contributed by atoms with Gasteiger partial charge in [0, 0.05) is 17.9 Å². The van der Waals surface area contributed by atoms with E-state index in [1.165, 1.54) is 0 Å². The van der Waals surface area contributed by atoms with E-state index in [9.17, 15) is 15.2 Å². The Balaban J connectivity index is 1.82. The molecule has 1 aliphatic carbocycles. The second kappa shape index (κ2) is 6.75. The Hall–Kier alpha value is -1.21. The van der Waals surface area contributed by atoms with Crippen LogP contribution in [0.2, 0.25) is 0 Å². The molecular formula is C20H30O6. The van der Waals surface area contributed by atoms with E-state index in [0.29, 0.717) is 44.1 Å². The van der Waals surface area contributed by atoms with E-state index in [2.05, 4.69) is 6.58 Å². The van der Waals surface area contributed by atoms with Gasteiger partial charge in [0.2, 0.25) is 0 Å². The van der Waals surface area contributed by atoms with Gasteiger partial charge >= 0.3 is 5.97 Å². The van der Waals surface area contributed by atoms with E-state index in [1.807, 2.05) is 26.0 Å². The minimum absolute atomic E-state index is 0.0140. The van der Waals surface area contributed by atoms with Crippen LogP contribution < -0.4 is 0 Å². The lowest BCUT2D eigenvalue weighted by Crippen LogP contribution is -2.34. The molecule has 0 saturated carbocycles. The summed E-state index contributed by atoms with van der Waals surface area (Å²) in [6, 6.07) is 0. The number of aliphatic hydroxyl groups is 1. The Morgan fingerprint density at radius 3 is 2.73 bits per heavy atom. The Labute approximate surface area is 154 Å². The fourth-order valence-corrected chi connectivity index (χ4v) is 4.20. The van der Waals surface area contributed by atoms with E-state index >= 15 is 0 Å². The molecule has 6 atom stereocenters. The Morgan fingerprint density at radius 2 is 2.04 bits per heavy atom. The van der Waals surface area contributed by atoms with Crippen molar-refractivity contribution in [1.82, 2.24) is 0 Å². The lowest BCUT2D eigenvalue weighted by molar-refractivity contribution is -0.304. The van der Waals surface area contributed by atoms with Gasteiger partial charge in [-0.05, 0) is 52.9 Å². The molecule has 0 aromatic heterocycles. The van der Waals surface area contributed by atoms with Crippen LogP contribution in [0.1, 0.15) is 59.3 Å². The number of epoxide rings is 1. The molecule has 0 spiro atoms. The molecular weight excluding hydrogens is 336 g/mol. The van der Waals surface area contributed by atoms with E-state index < -0.39 is 11.2 Å². The van der Waals surface area contributed by atoms with Gasteiger partial charge in [0.05, 0.1) is 17.3 Å². The summed E-state index contributed by atoms with van der Waals surface area (Å²) >= 11 is 0. The van der Waals surface area contributed by atoms with Gasteiger partial charge in [-0.3, -0.25) is 5.26 Å². The normalized spacial score (nSPS) is 48.1. The molecule has 6 heteroatoms. The van der Waals surface area contributed by atoms with Crippen LogP contribution in [0.15, 0.2) is 24.3 Å². The fraction of sp³-hybridized carbons (Fsp3) is 0.750. The number of fused-ring (bicyclic) bond motifs is 2. The van der Waals surface area contributed by atoms with E-state index in [-0.39, 0.29) is 29.7 Å². The van der Waals surface area contributed by atoms with Crippen molar-refractivity contribution in [2.45, 2.75) is 88.3 Å².